The molecule has 0 aromatic heterocycles. The minimum absolute atomic E-state index is 0.0775. The molecule has 78 valence electrons. The van der Waals surface area contributed by atoms with Gasteiger partial charge in [-0.1, -0.05) is 13.3 Å². The summed E-state index contributed by atoms with van der Waals surface area (Å²) in [5.41, 5.74) is 0. The zero-order valence-corrected chi connectivity index (χ0v) is 9.08. The Morgan fingerprint density at radius 3 is 2.54 bits per heavy atom. The highest BCUT2D eigenvalue weighted by Gasteiger charge is 2.18. The van der Waals surface area contributed by atoms with Crippen LogP contribution >= 0.6 is 0 Å². The van der Waals surface area contributed by atoms with Gasteiger partial charge in [0.1, 0.15) is 0 Å². The van der Waals surface area contributed by atoms with Gasteiger partial charge >= 0.3 is 0 Å². The Labute approximate surface area is 80.8 Å². The SMILES string of the molecule is CCCC(CC=NC)OC(C)(C)O. The Hall–Kier alpha value is -0.410. The summed E-state index contributed by atoms with van der Waals surface area (Å²) < 4.78 is 5.44. The zero-order chi connectivity index (χ0) is 10.3. The normalized spacial score (nSPS) is 15.2. The third kappa shape index (κ3) is 7.94. The van der Waals surface area contributed by atoms with E-state index in [9.17, 15) is 5.11 Å². The van der Waals surface area contributed by atoms with Crippen molar-refractivity contribution < 1.29 is 9.84 Å². The summed E-state index contributed by atoms with van der Waals surface area (Å²) in [4.78, 5) is 3.90. The van der Waals surface area contributed by atoms with E-state index in [1.165, 1.54) is 0 Å². The molecular formula is C10H21NO2. The maximum absolute atomic E-state index is 9.45. The average molecular weight is 187 g/mol. The second kappa shape index (κ2) is 6.11. The van der Waals surface area contributed by atoms with Gasteiger partial charge in [-0.2, -0.15) is 0 Å². The van der Waals surface area contributed by atoms with Crippen molar-refractivity contribution in [2.24, 2.45) is 4.99 Å². The lowest BCUT2D eigenvalue weighted by Crippen LogP contribution is -2.30. The van der Waals surface area contributed by atoms with Gasteiger partial charge in [-0.15, -0.1) is 0 Å². The van der Waals surface area contributed by atoms with E-state index in [0.29, 0.717) is 0 Å². The first-order valence-electron chi connectivity index (χ1n) is 4.80. The Morgan fingerprint density at radius 2 is 2.15 bits per heavy atom. The predicted molar refractivity (Wildman–Crippen MR) is 55.1 cm³/mol. The topological polar surface area (TPSA) is 41.8 Å². The molecule has 0 saturated heterocycles. The molecule has 0 aliphatic carbocycles. The standard InChI is InChI=1S/C10H21NO2/c1-5-6-9(7-8-11-4)13-10(2,3)12/h8-9,12H,5-7H2,1-4H3. The lowest BCUT2D eigenvalue weighted by atomic mass is 10.1. The highest BCUT2D eigenvalue weighted by atomic mass is 16.6. The van der Waals surface area contributed by atoms with Gasteiger partial charge in [0.05, 0.1) is 6.10 Å². The molecule has 1 atom stereocenters. The van der Waals surface area contributed by atoms with E-state index < -0.39 is 5.79 Å². The van der Waals surface area contributed by atoms with Crippen molar-refractivity contribution in [3.63, 3.8) is 0 Å². The second-order valence-electron chi connectivity index (χ2n) is 3.65. The summed E-state index contributed by atoms with van der Waals surface area (Å²) >= 11 is 0. The first kappa shape index (κ1) is 12.6. The number of ether oxygens (including phenoxy) is 1. The van der Waals surface area contributed by atoms with Crippen LogP contribution in [-0.4, -0.2) is 30.3 Å². The first-order chi connectivity index (χ1) is 5.99. The highest BCUT2D eigenvalue weighted by molar-refractivity contribution is 5.57. The first-order valence-corrected chi connectivity index (χ1v) is 4.80. The van der Waals surface area contributed by atoms with E-state index in [1.54, 1.807) is 20.9 Å². The molecule has 0 spiro atoms. The van der Waals surface area contributed by atoms with Crippen LogP contribution in [0.3, 0.4) is 0 Å². The molecule has 3 nitrogen and oxygen atoms in total. The lowest BCUT2D eigenvalue weighted by Gasteiger charge is -2.25. The van der Waals surface area contributed by atoms with Crippen molar-refractivity contribution in [2.75, 3.05) is 7.05 Å². The lowest BCUT2D eigenvalue weighted by molar-refractivity contribution is -0.204. The Bertz CT molecular complexity index is 149. The summed E-state index contributed by atoms with van der Waals surface area (Å²) in [6, 6.07) is 0. The van der Waals surface area contributed by atoms with Crippen molar-refractivity contribution in [3.8, 4) is 0 Å². The molecule has 0 saturated carbocycles. The third-order valence-electron chi connectivity index (χ3n) is 1.62. The van der Waals surface area contributed by atoms with Gasteiger partial charge in [0, 0.05) is 19.7 Å². The molecule has 1 unspecified atom stereocenters. The van der Waals surface area contributed by atoms with Crippen LogP contribution in [0.1, 0.15) is 40.0 Å². The molecule has 0 rings (SSSR count). The van der Waals surface area contributed by atoms with Crippen LogP contribution in [0.4, 0.5) is 0 Å². The molecule has 0 aromatic rings. The van der Waals surface area contributed by atoms with Gasteiger partial charge in [0.15, 0.2) is 5.79 Å². The summed E-state index contributed by atoms with van der Waals surface area (Å²) in [6.07, 6.45) is 4.68. The van der Waals surface area contributed by atoms with E-state index in [-0.39, 0.29) is 6.10 Å². The maximum Gasteiger partial charge on any atom is 0.160 e. The number of hydrogen-bond donors (Lipinski definition) is 1. The van der Waals surface area contributed by atoms with Crippen LogP contribution in [0.5, 0.6) is 0 Å². The largest absolute Gasteiger partial charge is 0.366 e. The van der Waals surface area contributed by atoms with Gasteiger partial charge in [-0.3, -0.25) is 0 Å². The van der Waals surface area contributed by atoms with E-state index in [0.717, 1.165) is 19.3 Å². The van der Waals surface area contributed by atoms with Crippen LogP contribution in [-0.2, 0) is 4.74 Å². The molecule has 0 fully saturated rings. The third-order valence-corrected chi connectivity index (χ3v) is 1.62. The molecule has 1 N–H and O–H groups in total. The van der Waals surface area contributed by atoms with Crippen molar-refractivity contribution in [1.82, 2.24) is 0 Å². The van der Waals surface area contributed by atoms with Crippen LogP contribution < -0.4 is 0 Å². The summed E-state index contributed by atoms with van der Waals surface area (Å²) in [6.45, 7) is 5.40. The Balaban J connectivity index is 3.93. The number of aliphatic hydroxyl groups is 1. The zero-order valence-electron chi connectivity index (χ0n) is 9.08. The fourth-order valence-electron chi connectivity index (χ4n) is 1.18. The van der Waals surface area contributed by atoms with Crippen molar-refractivity contribution in [2.45, 2.75) is 51.9 Å². The molecule has 0 heterocycles. The van der Waals surface area contributed by atoms with Gasteiger partial charge in [0.25, 0.3) is 0 Å². The summed E-state index contributed by atoms with van der Waals surface area (Å²) in [5, 5.41) is 9.45. The molecule has 0 aliphatic rings. The van der Waals surface area contributed by atoms with Crippen LogP contribution in [0.25, 0.3) is 0 Å². The Kier molecular flexibility index (Phi) is 5.91. The van der Waals surface area contributed by atoms with Crippen LogP contribution in [0.15, 0.2) is 4.99 Å². The fourth-order valence-corrected chi connectivity index (χ4v) is 1.18. The molecule has 0 amide bonds. The van der Waals surface area contributed by atoms with Crippen molar-refractivity contribution in [1.29, 1.82) is 0 Å². The fraction of sp³-hybridized carbons (Fsp3) is 0.900. The molecule has 0 aromatic carbocycles. The average Bonchev–Trinajstić information content (AvgIpc) is 1.98. The molecule has 0 radical (unpaired) electrons. The molecule has 13 heavy (non-hydrogen) atoms. The number of aliphatic imine (C=N–C) groups is 1. The number of nitrogens with zero attached hydrogens (tertiary/aromatic N) is 1. The van der Waals surface area contributed by atoms with E-state index >= 15 is 0 Å². The number of hydrogen-bond acceptors (Lipinski definition) is 3. The minimum atomic E-state index is -1.04. The predicted octanol–water partition coefficient (Wildman–Crippen LogP) is 1.99. The summed E-state index contributed by atoms with van der Waals surface area (Å²) in [7, 11) is 1.74. The van der Waals surface area contributed by atoms with E-state index in [2.05, 4.69) is 11.9 Å². The summed E-state index contributed by atoms with van der Waals surface area (Å²) in [5.74, 6) is -1.04. The van der Waals surface area contributed by atoms with Crippen LogP contribution in [0.2, 0.25) is 0 Å². The van der Waals surface area contributed by atoms with Gasteiger partial charge in [0.2, 0.25) is 0 Å². The highest BCUT2D eigenvalue weighted by Crippen LogP contribution is 2.14. The quantitative estimate of drug-likeness (QED) is 0.510. The van der Waals surface area contributed by atoms with Gasteiger partial charge in [-0.25, -0.2) is 0 Å². The van der Waals surface area contributed by atoms with Crippen molar-refractivity contribution in [3.05, 3.63) is 0 Å². The molecule has 3 heteroatoms. The molecule has 0 aliphatic heterocycles. The van der Waals surface area contributed by atoms with E-state index in [1.807, 2.05) is 6.21 Å². The minimum Gasteiger partial charge on any atom is -0.366 e. The van der Waals surface area contributed by atoms with Gasteiger partial charge < -0.3 is 14.8 Å². The maximum atomic E-state index is 9.45. The van der Waals surface area contributed by atoms with Crippen LogP contribution in [0, 0.1) is 0 Å². The molecule has 0 bridgehead atoms. The number of rotatable bonds is 6. The monoisotopic (exact) mass is 187 g/mol. The van der Waals surface area contributed by atoms with Gasteiger partial charge in [-0.05, 0) is 20.3 Å². The second-order valence-corrected chi connectivity index (χ2v) is 3.65. The molecular weight excluding hydrogens is 166 g/mol. The smallest absolute Gasteiger partial charge is 0.160 e. The van der Waals surface area contributed by atoms with E-state index in [4.69, 9.17) is 4.74 Å². The van der Waals surface area contributed by atoms with Crippen molar-refractivity contribution >= 4 is 6.21 Å². The Morgan fingerprint density at radius 1 is 1.54 bits per heavy atom.